The first-order chi connectivity index (χ1) is 8.54. The monoisotopic (exact) mass is 250 g/mol. The molecule has 5 nitrogen and oxygen atoms in total. The van der Waals surface area contributed by atoms with Crippen molar-refractivity contribution in [3.05, 3.63) is 29.6 Å². The van der Waals surface area contributed by atoms with Gasteiger partial charge < -0.3 is 9.64 Å². The van der Waals surface area contributed by atoms with Gasteiger partial charge in [0.15, 0.2) is 0 Å². The van der Waals surface area contributed by atoms with Crippen LogP contribution in [0.2, 0.25) is 0 Å². The van der Waals surface area contributed by atoms with E-state index in [-0.39, 0.29) is 18.3 Å². The van der Waals surface area contributed by atoms with Gasteiger partial charge in [0, 0.05) is 31.0 Å². The molecule has 1 amide bonds. The maximum atomic E-state index is 12.0. The number of ether oxygens (including phenoxy) is 1. The van der Waals surface area contributed by atoms with Crippen LogP contribution in [-0.2, 0) is 9.53 Å². The van der Waals surface area contributed by atoms with Crippen molar-refractivity contribution in [2.24, 2.45) is 0 Å². The third-order valence-corrected chi connectivity index (χ3v) is 2.45. The number of amides is 1. The highest BCUT2D eigenvalue weighted by Crippen LogP contribution is 2.05. The van der Waals surface area contributed by atoms with E-state index in [1.54, 1.807) is 32.3 Å². The highest BCUT2D eigenvalue weighted by Gasteiger charge is 2.13. The number of aromatic nitrogens is 1. The van der Waals surface area contributed by atoms with Crippen LogP contribution < -0.4 is 0 Å². The molecule has 0 radical (unpaired) electrons. The topological polar surface area (TPSA) is 59.5 Å². The van der Waals surface area contributed by atoms with Gasteiger partial charge in [0.2, 0.25) is 0 Å². The van der Waals surface area contributed by atoms with E-state index in [9.17, 15) is 9.59 Å². The Hall–Kier alpha value is -1.91. The Labute approximate surface area is 107 Å². The van der Waals surface area contributed by atoms with E-state index in [4.69, 9.17) is 4.74 Å². The zero-order valence-corrected chi connectivity index (χ0v) is 11.0. The van der Waals surface area contributed by atoms with E-state index in [1.165, 1.54) is 4.90 Å². The smallest absolute Gasteiger partial charge is 0.307 e. The molecule has 0 aliphatic rings. The first-order valence-corrected chi connectivity index (χ1v) is 5.88. The summed E-state index contributed by atoms with van der Waals surface area (Å²) in [6.07, 6.45) is 1.81. The molecular weight excluding hydrogens is 232 g/mol. The van der Waals surface area contributed by atoms with E-state index in [1.807, 2.05) is 6.92 Å². The van der Waals surface area contributed by atoms with E-state index < -0.39 is 0 Å². The Kier molecular flexibility index (Phi) is 5.30. The molecular formula is C13H18N2O3. The Balaban J connectivity index is 2.54. The summed E-state index contributed by atoms with van der Waals surface area (Å²) in [6, 6.07) is 3.39. The predicted molar refractivity (Wildman–Crippen MR) is 67.2 cm³/mol. The standard InChI is InChI=1S/C13H18N2O3/c1-4-18-12(16)6-8-15(3)13(17)11-5-7-14-10(2)9-11/h5,7,9H,4,6,8H2,1-3H3. The fourth-order valence-electron chi connectivity index (χ4n) is 1.49. The molecule has 0 N–H and O–H groups in total. The molecule has 0 atom stereocenters. The Morgan fingerprint density at radius 3 is 2.78 bits per heavy atom. The highest BCUT2D eigenvalue weighted by atomic mass is 16.5. The third-order valence-electron chi connectivity index (χ3n) is 2.45. The highest BCUT2D eigenvalue weighted by molar-refractivity contribution is 5.94. The van der Waals surface area contributed by atoms with Gasteiger partial charge in [-0.3, -0.25) is 14.6 Å². The molecule has 0 bridgehead atoms. The molecule has 0 fully saturated rings. The molecule has 5 heteroatoms. The second-order valence-corrected chi connectivity index (χ2v) is 3.97. The number of hydrogen-bond acceptors (Lipinski definition) is 4. The van der Waals surface area contributed by atoms with Gasteiger partial charge in [0.25, 0.3) is 5.91 Å². The number of pyridine rings is 1. The molecule has 0 saturated heterocycles. The summed E-state index contributed by atoms with van der Waals surface area (Å²) in [5.41, 5.74) is 1.37. The maximum Gasteiger partial charge on any atom is 0.307 e. The Morgan fingerprint density at radius 2 is 2.17 bits per heavy atom. The largest absolute Gasteiger partial charge is 0.466 e. The normalized spacial score (nSPS) is 9.94. The molecule has 1 aromatic rings. The van der Waals surface area contributed by atoms with Crippen LogP contribution in [-0.4, -0.2) is 42.0 Å². The molecule has 0 aliphatic heterocycles. The third kappa shape index (κ3) is 4.16. The summed E-state index contributed by atoms with van der Waals surface area (Å²) in [4.78, 5) is 28.7. The quantitative estimate of drug-likeness (QED) is 0.741. The van der Waals surface area contributed by atoms with Crippen molar-refractivity contribution in [1.82, 2.24) is 9.88 Å². The summed E-state index contributed by atoms with van der Waals surface area (Å²) in [5, 5.41) is 0. The van der Waals surface area contributed by atoms with Gasteiger partial charge in [-0.2, -0.15) is 0 Å². The molecule has 18 heavy (non-hydrogen) atoms. The summed E-state index contributed by atoms with van der Waals surface area (Å²) >= 11 is 0. The van der Waals surface area contributed by atoms with Crippen LogP contribution in [0.15, 0.2) is 18.3 Å². The Morgan fingerprint density at radius 1 is 1.44 bits per heavy atom. The molecule has 0 saturated carbocycles. The van der Waals surface area contributed by atoms with E-state index in [0.29, 0.717) is 18.7 Å². The van der Waals surface area contributed by atoms with Gasteiger partial charge in [-0.05, 0) is 26.0 Å². The van der Waals surface area contributed by atoms with Crippen LogP contribution in [0, 0.1) is 6.92 Å². The molecule has 0 aliphatic carbocycles. The van der Waals surface area contributed by atoms with Crippen LogP contribution >= 0.6 is 0 Å². The molecule has 0 unspecified atom stereocenters. The average Bonchev–Trinajstić information content (AvgIpc) is 2.35. The minimum Gasteiger partial charge on any atom is -0.466 e. The fourth-order valence-corrected chi connectivity index (χ4v) is 1.49. The Bertz CT molecular complexity index is 432. The number of nitrogens with zero attached hydrogens (tertiary/aromatic N) is 2. The maximum absolute atomic E-state index is 12.0. The fraction of sp³-hybridized carbons (Fsp3) is 0.462. The second-order valence-electron chi connectivity index (χ2n) is 3.97. The summed E-state index contributed by atoms with van der Waals surface area (Å²) in [7, 11) is 1.66. The van der Waals surface area contributed by atoms with Crippen molar-refractivity contribution < 1.29 is 14.3 Å². The number of rotatable bonds is 5. The first kappa shape index (κ1) is 14.2. The van der Waals surface area contributed by atoms with E-state index in [0.717, 1.165) is 5.69 Å². The van der Waals surface area contributed by atoms with E-state index >= 15 is 0 Å². The van der Waals surface area contributed by atoms with Crippen molar-refractivity contribution >= 4 is 11.9 Å². The first-order valence-electron chi connectivity index (χ1n) is 5.88. The molecule has 1 heterocycles. The van der Waals surface area contributed by atoms with Crippen molar-refractivity contribution in [2.75, 3.05) is 20.2 Å². The number of esters is 1. The summed E-state index contributed by atoms with van der Waals surface area (Å²) in [5.74, 6) is -0.409. The van der Waals surface area contributed by atoms with Crippen molar-refractivity contribution in [2.45, 2.75) is 20.3 Å². The van der Waals surface area contributed by atoms with Crippen LogP contribution in [0.4, 0.5) is 0 Å². The molecule has 98 valence electrons. The van der Waals surface area contributed by atoms with Gasteiger partial charge >= 0.3 is 5.97 Å². The zero-order valence-electron chi connectivity index (χ0n) is 11.0. The number of carbonyl (C=O) groups excluding carboxylic acids is 2. The molecule has 0 aromatic carbocycles. The number of hydrogen-bond donors (Lipinski definition) is 0. The van der Waals surface area contributed by atoms with Crippen molar-refractivity contribution in [3.63, 3.8) is 0 Å². The lowest BCUT2D eigenvalue weighted by atomic mass is 10.2. The lowest BCUT2D eigenvalue weighted by Gasteiger charge is -2.16. The lowest BCUT2D eigenvalue weighted by molar-refractivity contribution is -0.143. The summed E-state index contributed by atoms with van der Waals surface area (Å²) in [6.45, 7) is 4.29. The van der Waals surface area contributed by atoms with Gasteiger partial charge in [-0.15, -0.1) is 0 Å². The summed E-state index contributed by atoms with van der Waals surface area (Å²) < 4.78 is 4.81. The van der Waals surface area contributed by atoms with Crippen LogP contribution in [0.1, 0.15) is 29.4 Å². The van der Waals surface area contributed by atoms with Gasteiger partial charge in [-0.1, -0.05) is 0 Å². The van der Waals surface area contributed by atoms with Crippen LogP contribution in [0.25, 0.3) is 0 Å². The lowest BCUT2D eigenvalue weighted by Crippen LogP contribution is -2.29. The van der Waals surface area contributed by atoms with Gasteiger partial charge in [0.1, 0.15) is 0 Å². The van der Waals surface area contributed by atoms with Crippen LogP contribution in [0.3, 0.4) is 0 Å². The van der Waals surface area contributed by atoms with Gasteiger partial charge in [0.05, 0.1) is 13.0 Å². The SMILES string of the molecule is CCOC(=O)CCN(C)C(=O)c1ccnc(C)c1. The second kappa shape index (κ2) is 6.74. The van der Waals surface area contributed by atoms with Gasteiger partial charge in [-0.25, -0.2) is 0 Å². The number of aryl methyl sites for hydroxylation is 1. The van der Waals surface area contributed by atoms with Crippen molar-refractivity contribution in [3.8, 4) is 0 Å². The molecule has 1 aromatic heterocycles. The molecule has 0 spiro atoms. The minimum atomic E-state index is -0.289. The number of carbonyl (C=O) groups is 2. The van der Waals surface area contributed by atoms with Crippen molar-refractivity contribution in [1.29, 1.82) is 0 Å². The van der Waals surface area contributed by atoms with Crippen LogP contribution in [0.5, 0.6) is 0 Å². The van der Waals surface area contributed by atoms with E-state index in [2.05, 4.69) is 4.98 Å². The zero-order chi connectivity index (χ0) is 13.5. The predicted octanol–water partition coefficient (Wildman–Crippen LogP) is 1.42. The average molecular weight is 250 g/mol. The molecule has 1 rings (SSSR count). The minimum absolute atomic E-state index is 0.121.